The van der Waals surface area contributed by atoms with E-state index >= 15 is 0 Å². The fourth-order valence-corrected chi connectivity index (χ4v) is 3.36. The second-order valence-corrected chi connectivity index (χ2v) is 6.79. The number of carbonyl (C=O) groups excluding carboxylic acids is 1. The normalized spacial score (nSPS) is 16.5. The van der Waals surface area contributed by atoms with Crippen LogP contribution in [0.1, 0.15) is 12.8 Å². The van der Waals surface area contributed by atoms with E-state index in [0.717, 1.165) is 28.1 Å². The van der Waals surface area contributed by atoms with Crippen molar-refractivity contribution in [2.75, 3.05) is 18.5 Å². The van der Waals surface area contributed by atoms with Gasteiger partial charge in [-0.1, -0.05) is 24.3 Å². The molecule has 1 fully saturated rings. The lowest BCUT2D eigenvalue weighted by atomic mass is 9.90. The van der Waals surface area contributed by atoms with Crippen LogP contribution in [-0.4, -0.2) is 34.2 Å². The van der Waals surface area contributed by atoms with Crippen molar-refractivity contribution in [3.63, 3.8) is 0 Å². The first-order valence-electron chi connectivity index (χ1n) is 8.77. The zero-order valence-electron chi connectivity index (χ0n) is 14.7. The molecule has 2 aromatic carbocycles. The molecular formula is C20H22N4O2. The average Bonchev–Trinajstić information content (AvgIpc) is 3.00. The molecule has 0 bridgehead atoms. The summed E-state index contributed by atoms with van der Waals surface area (Å²) in [5.74, 6) is 0.693. The van der Waals surface area contributed by atoms with Crippen LogP contribution in [0, 0.1) is 0 Å². The van der Waals surface area contributed by atoms with Gasteiger partial charge in [-0.15, -0.1) is 0 Å². The number of hydrogen-bond acceptors (Lipinski definition) is 4. The Morgan fingerprint density at radius 1 is 1.19 bits per heavy atom. The molecule has 3 N–H and O–H groups in total. The number of rotatable bonds is 3. The van der Waals surface area contributed by atoms with Gasteiger partial charge in [0.05, 0.1) is 11.0 Å². The largest absolute Gasteiger partial charge is 0.381 e. The number of nitrogens with one attached hydrogen (secondary N) is 1. The molecular weight excluding hydrogens is 328 g/mol. The van der Waals surface area contributed by atoms with E-state index in [4.69, 9.17) is 15.5 Å². The zero-order chi connectivity index (χ0) is 18.1. The minimum Gasteiger partial charge on any atom is -0.381 e. The summed E-state index contributed by atoms with van der Waals surface area (Å²) in [5, 5.41) is 2.96. The molecule has 6 heteroatoms. The monoisotopic (exact) mass is 350 g/mol. The van der Waals surface area contributed by atoms with Crippen molar-refractivity contribution in [1.29, 1.82) is 0 Å². The molecule has 3 aromatic rings. The summed E-state index contributed by atoms with van der Waals surface area (Å²) < 4.78 is 7.37. The highest BCUT2D eigenvalue weighted by Crippen LogP contribution is 2.26. The number of amides is 1. The SMILES string of the molecule is Cn1c(-c2cccc(NC(=O)C3(N)CCOCC3)c2)nc2ccccc21. The van der Waals surface area contributed by atoms with Crippen molar-refractivity contribution < 1.29 is 9.53 Å². The van der Waals surface area contributed by atoms with E-state index in [9.17, 15) is 4.79 Å². The van der Waals surface area contributed by atoms with Crippen LogP contribution in [0.15, 0.2) is 48.5 Å². The Hall–Kier alpha value is -2.70. The molecule has 0 radical (unpaired) electrons. The molecule has 0 unspecified atom stereocenters. The third-order valence-electron chi connectivity index (χ3n) is 5.00. The van der Waals surface area contributed by atoms with Gasteiger partial charge in [-0.25, -0.2) is 4.98 Å². The Bertz CT molecular complexity index is 957. The van der Waals surface area contributed by atoms with E-state index in [1.165, 1.54) is 0 Å². The summed E-state index contributed by atoms with van der Waals surface area (Å²) in [5.41, 5.74) is 9.08. The van der Waals surface area contributed by atoms with Crippen molar-refractivity contribution in [2.24, 2.45) is 12.8 Å². The quantitative estimate of drug-likeness (QED) is 0.761. The first-order chi connectivity index (χ1) is 12.6. The average molecular weight is 350 g/mol. The van der Waals surface area contributed by atoms with Gasteiger partial charge in [-0.3, -0.25) is 4.79 Å². The number of imidazole rings is 1. The standard InChI is InChI=1S/C20H22N4O2/c1-24-17-8-3-2-7-16(17)23-18(24)14-5-4-6-15(13-14)22-19(25)20(21)9-11-26-12-10-20/h2-8,13H,9-12,21H2,1H3,(H,22,25). The first kappa shape index (κ1) is 16.8. The highest BCUT2D eigenvalue weighted by atomic mass is 16.5. The van der Waals surface area contributed by atoms with E-state index in [0.29, 0.717) is 26.1 Å². The molecule has 134 valence electrons. The minimum absolute atomic E-state index is 0.164. The number of carbonyl (C=O) groups is 1. The van der Waals surface area contributed by atoms with Gasteiger partial charge in [-0.05, 0) is 37.1 Å². The summed E-state index contributed by atoms with van der Waals surface area (Å²) in [6.07, 6.45) is 1.06. The molecule has 0 spiro atoms. The van der Waals surface area contributed by atoms with Gasteiger partial charge >= 0.3 is 0 Å². The fraction of sp³-hybridized carbons (Fsp3) is 0.300. The number of nitrogens with zero attached hydrogens (tertiary/aromatic N) is 2. The van der Waals surface area contributed by atoms with Crippen LogP contribution in [0.25, 0.3) is 22.4 Å². The van der Waals surface area contributed by atoms with Crippen molar-refractivity contribution >= 4 is 22.6 Å². The predicted molar refractivity (Wildman–Crippen MR) is 102 cm³/mol. The maximum absolute atomic E-state index is 12.6. The third kappa shape index (κ3) is 2.98. The number of ether oxygens (including phenoxy) is 1. The lowest BCUT2D eigenvalue weighted by Crippen LogP contribution is -2.54. The van der Waals surface area contributed by atoms with Gasteiger partial charge < -0.3 is 20.4 Å². The molecule has 4 rings (SSSR count). The number of nitrogens with two attached hydrogens (primary N) is 1. The van der Waals surface area contributed by atoms with Crippen LogP contribution < -0.4 is 11.1 Å². The number of aromatic nitrogens is 2. The fourth-order valence-electron chi connectivity index (χ4n) is 3.36. The lowest BCUT2D eigenvalue weighted by molar-refractivity contribution is -0.124. The summed E-state index contributed by atoms with van der Waals surface area (Å²) in [7, 11) is 1.99. The van der Waals surface area contributed by atoms with Gasteiger partial charge in [0.2, 0.25) is 5.91 Å². The van der Waals surface area contributed by atoms with Crippen molar-refractivity contribution in [3.8, 4) is 11.4 Å². The molecule has 1 aliphatic rings. The first-order valence-corrected chi connectivity index (χ1v) is 8.77. The number of para-hydroxylation sites is 2. The van der Waals surface area contributed by atoms with E-state index < -0.39 is 5.54 Å². The molecule has 2 heterocycles. The molecule has 0 atom stereocenters. The second kappa shape index (κ2) is 6.55. The van der Waals surface area contributed by atoms with Crippen LogP contribution in [0.3, 0.4) is 0 Å². The van der Waals surface area contributed by atoms with Gasteiger partial charge in [0.15, 0.2) is 0 Å². The smallest absolute Gasteiger partial charge is 0.244 e. The van der Waals surface area contributed by atoms with Gasteiger partial charge in [0.25, 0.3) is 0 Å². The van der Waals surface area contributed by atoms with Crippen molar-refractivity contribution in [3.05, 3.63) is 48.5 Å². The molecule has 1 aromatic heterocycles. The van der Waals surface area contributed by atoms with E-state index in [1.807, 2.05) is 55.6 Å². The van der Waals surface area contributed by atoms with Crippen LogP contribution in [0.2, 0.25) is 0 Å². The van der Waals surface area contributed by atoms with Gasteiger partial charge in [0.1, 0.15) is 11.4 Å². The minimum atomic E-state index is -0.869. The predicted octanol–water partition coefficient (Wildman–Crippen LogP) is 2.69. The Labute approximate surface area is 152 Å². The lowest BCUT2D eigenvalue weighted by Gasteiger charge is -2.31. The Morgan fingerprint density at radius 2 is 1.96 bits per heavy atom. The van der Waals surface area contributed by atoms with Crippen molar-refractivity contribution in [1.82, 2.24) is 9.55 Å². The molecule has 1 aliphatic heterocycles. The maximum Gasteiger partial charge on any atom is 0.244 e. The van der Waals surface area contributed by atoms with E-state index in [2.05, 4.69) is 9.88 Å². The topological polar surface area (TPSA) is 82.2 Å². The number of hydrogen-bond donors (Lipinski definition) is 2. The molecule has 1 amide bonds. The zero-order valence-corrected chi connectivity index (χ0v) is 14.7. The van der Waals surface area contributed by atoms with Gasteiger partial charge in [-0.2, -0.15) is 0 Å². The third-order valence-corrected chi connectivity index (χ3v) is 5.00. The maximum atomic E-state index is 12.6. The molecule has 26 heavy (non-hydrogen) atoms. The number of fused-ring (bicyclic) bond motifs is 1. The van der Waals surface area contributed by atoms with Crippen LogP contribution >= 0.6 is 0 Å². The number of benzene rings is 2. The molecule has 6 nitrogen and oxygen atoms in total. The van der Waals surface area contributed by atoms with Crippen LogP contribution in [0.4, 0.5) is 5.69 Å². The van der Waals surface area contributed by atoms with Crippen LogP contribution in [-0.2, 0) is 16.6 Å². The Balaban J connectivity index is 1.62. The summed E-state index contributed by atoms with van der Waals surface area (Å²) in [4.78, 5) is 17.3. The summed E-state index contributed by atoms with van der Waals surface area (Å²) >= 11 is 0. The second-order valence-electron chi connectivity index (χ2n) is 6.79. The van der Waals surface area contributed by atoms with Crippen molar-refractivity contribution in [2.45, 2.75) is 18.4 Å². The van der Waals surface area contributed by atoms with Gasteiger partial charge in [0, 0.05) is 31.5 Å². The highest BCUT2D eigenvalue weighted by Gasteiger charge is 2.35. The Morgan fingerprint density at radius 3 is 2.73 bits per heavy atom. The van der Waals surface area contributed by atoms with Crippen LogP contribution in [0.5, 0.6) is 0 Å². The van der Waals surface area contributed by atoms with E-state index in [1.54, 1.807) is 0 Å². The number of anilines is 1. The molecule has 0 saturated carbocycles. The highest BCUT2D eigenvalue weighted by molar-refractivity contribution is 5.98. The molecule has 1 saturated heterocycles. The summed E-state index contributed by atoms with van der Waals surface area (Å²) in [6.45, 7) is 1.04. The molecule has 0 aliphatic carbocycles. The Kier molecular flexibility index (Phi) is 4.22. The number of aryl methyl sites for hydroxylation is 1. The van der Waals surface area contributed by atoms with E-state index in [-0.39, 0.29) is 5.91 Å². The summed E-state index contributed by atoms with van der Waals surface area (Å²) in [6, 6.07) is 15.7.